The molecular weight excluding hydrogens is 489 g/mol. The van der Waals surface area contributed by atoms with Crippen LogP contribution in [0, 0.1) is 3.57 Å². The molecule has 0 saturated heterocycles. The Morgan fingerprint density at radius 2 is 1.92 bits per heavy atom. The lowest BCUT2D eigenvalue weighted by molar-refractivity contribution is -0.114. The second-order valence-corrected chi connectivity index (χ2v) is 6.86. The van der Waals surface area contributed by atoms with E-state index in [2.05, 4.69) is 31.8 Å². The molecule has 2 amide bonds. The van der Waals surface area contributed by atoms with Crippen LogP contribution in [0.25, 0.3) is 0 Å². The Bertz CT molecular complexity index is 807. The Morgan fingerprint density at radius 3 is 2.54 bits per heavy atom. The molecule has 3 N–H and O–H groups in total. The molecule has 0 aliphatic rings. The smallest absolute Gasteiger partial charge is 0.271 e. The number of phenolic OH excluding ortho intramolecular Hbond substituents is 1. The number of halogens is 2. The molecule has 0 atom stereocenters. The summed E-state index contributed by atoms with van der Waals surface area (Å²) in [6, 6.07) is 9.87. The summed E-state index contributed by atoms with van der Waals surface area (Å²) in [6.45, 7) is 1.41. The van der Waals surface area contributed by atoms with Gasteiger partial charge in [-0.15, -0.1) is 0 Å². The van der Waals surface area contributed by atoms with Gasteiger partial charge in [-0.05, 0) is 59.0 Å². The van der Waals surface area contributed by atoms with Crippen molar-refractivity contribution in [2.45, 2.75) is 6.92 Å². The van der Waals surface area contributed by atoms with Crippen molar-refractivity contribution in [1.82, 2.24) is 5.43 Å². The number of benzene rings is 2. The van der Waals surface area contributed by atoms with Gasteiger partial charge in [-0.25, -0.2) is 5.43 Å². The van der Waals surface area contributed by atoms with Crippen LogP contribution in [-0.2, 0) is 4.79 Å². The molecule has 8 heteroatoms. The first kappa shape index (κ1) is 18.4. The SMILES string of the molecule is CC(=O)Nc1ccc(C(=O)N/N=C\c2cc(Br)cc(I)c2O)cc1. The molecule has 0 aliphatic carbocycles. The number of aromatic hydroxyl groups is 1. The lowest BCUT2D eigenvalue weighted by atomic mass is 10.2. The topological polar surface area (TPSA) is 90.8 Å². The number of hydrogen-bond acceptors (Lipinski definition) is 4. The van der Waals surface area contributed by atoms with Crippen molar-refractivity contribution in [2.24, 2.45) is 5.10 Å². The predicted octanol–water partition coefficient (Wildman–Crippen LogP) is 3.48. The van der Waals surface area contributed by atoms with Gasteiger partial charge in [0.2, 0.25) is 5.91 Å². The Morgan fingerprint density at radius 1 is 1.25 bits per heavy atom. The van der Waals surface area contributed by atoms with Gasteiger partial charge in [0.15, 0.2) is 0 Å². The minimum Gasteiger partial charge on any atom is -0.506 e. The molecular formula is C16H13BrIN3O3. The van der Waals surface area contributed by atoms with E-state index in [1.165, 1.54) is 13.1 Å². The van der Waals surface area contributed by atoms with Gasteiger partial charge in [0.05, 0.1) is 9.78 Å². The zero-order valence-corrected chi connectivity index (χ0v) is 16.3. The highest BCUT2D eigenvalue weighted by atomic mass is 127. The second kappa shape index (κ2) is 8.25. The largest absolute Gasteiger partial charge is 0.506 e. The highest BCUT2D eigenvalue weighted by Crippen LogP contribution is 2.27. The average Bonchev–Trinajstić information content (AvgIpc) is 2.52. The Hall–Kier alpha value is -1.94. The molecule has 0 saturated carbocycles. The highest BCUT2D eigenvalue weighted by molar-refractivity contribution is 14.1. The lowest BCUT2D eigenvalue weighted by Crippen LogP contribution is -2.17. The van der Waals surface area contributed by atoms with Crippen LogP contribution in [-0.4, -0.2) is 23.1 Å². The van der Waals surface area contributed by atoms with Crippen molar-refractivity contribution in [3.63, 3.8) is 0 Å². The normalized spacial score (nSPS) is 10.6. The fourth-order valence-corrected chi connectivity index (χ4v) is 3.37. The van der Waals surface area contributed by atoms with Crippen LogP contribution >= 0.6 is 38.5 Å². The van der Waals surface area contributed by atoms with Crippen LogP contribution in [0.15, 0.2) is 46.0 Å². The van der Waals surface area contributed by atoms with E-state index in [0.717, 1.165) is 4.47 Å². The molecule has 2 rings (SSSR count). The maximum Gasteiger partial charge on any atom is 0.271 e. The summed E-state index contributed by atoms with van der Waals surface area (Å²) in [6.07, 6.45) is 1.37. The van der Waals surface area contributed by atoms with Crippen molar-refractivity contribution >= 4 is 62.2 Å². The molecule has 0 fully saturated rings. The number of carbonyl (C=O) groups excluding carboxylic acids is 2. The standard InChI is InChI=1S/C16H13BrIN3O3/c1-9(22)20-13-4-2-10(3-5-13)16(24)21-19-8-11-6-12(17)7-14(18)15(11)23/h2-8,23H,1H3,(H,20,22)(H,21,24)/b19-8-. The van der Waals surface area contributed by atoms with Gasteiger partial charge >= 0.3 is 0 Å². The number of nitrogens with one attached hydrogen (secondary N) is 2. The van der Waals surface area contributed by atoms with E-state index in [-0.39, 0.29) is 11.7 Å². The molecule has 6 nitrogen and oxygen atoms in total. The third kappa shape index (κ3) is 5.03. The third-order valence-corrected chi connectivity index (χ3v) is 4.17. The van der Waals surface area contributed by atoms with Crippen molar-refractivity contribution < 1.29 is 14.7 Å². The van der Waals surface area contributed by atoms with E-state index < -0.39 is 5.91 Å². The second-order valence-electron chi connectivity index (χ2n) is 4.78. The molecule has 24 heavy (non-hydrogen) atoms. The van der Waals surface area contributed by atoms with Crippen LogP contribution < -0.4 is 10.7 Å². The van der Waals surface area contributed by atoms with Crippen molar-refractivity contribution in [3.8, 4) is 5.75 Å². The van der Waals surface area contributed by atoms with Crippen LogP contribution in [0.4, 0.5) is 5.69 Å². The molecule has 0 aliphatic heterocycles. The molecule has 124 valence electrons. The summed E-state index contributed by atoms with van der Waals surface area (Å²) in [5.74, 6) is -0.485. The summed E-state index contributed by atoms with van der Waals surface area (Å²) >= 11 is 5.34. The molecule has 0 unspecified atom stereocenters. The number of nitrogens with zero attached hydrogens (tertiary/aromatic N) is 1. The maximum absolute atomic E-state index is 12.0. The first-order chi connectivity index (χ1) is 11.4. The average molecular weight is 502 g/mol. The molecule has 0 aromatic heterocycles. The zero-order valence-electron chi connectivity index (χ0n) is 12.5. The summed E-state index contributed by atoms with van der Waals surface area (Å²) in [7, 11) is 0. The van der Waals surface area contributed by atoms with Gasteiger partial charge in [0.25, 0.3) is 5.91 Å². The van der Waals surface area contributed by atoms with Gasteiger partial charge in [-0.1, -0.05) is 15.9 Å². The quantitative estimate of drug-likeness (QED) is 0.340. The maximum atomic E-state index is 12.0. The van der Waals surface area contributed by atoms with E-state index in [0.29, 0.717) is 20.4 Å². The van der Waals surface area contributed by atoms with E-state index in [4.69, 9.17) is 0 Å². The first-order valence-corrected chi connectivity index (χ1v) is 8.63. The number of hydrogen-bond donors (Lipinski definition) is 3. The van der Waals surface area contributed by atoms with E-state index in [1.807, 2.05) is 22.6 Å². The van der Waals surface area contributed by atoms with E-state index >= 15 is 0 Å². The minimum absolute atomic E-state index is 0.0939. The zero-order chi connectivity index (χ0) is 17.7. The number of anilines is 1. The van der Waals surface area contributed by atoms with Crippen molar-refractivity contribution in [2.75, 3.05) is 5.32 Å². The minimum atomic E-state index is -0.398. The summed E-state index contributed by atoms with van der Waals surface area (Å²) in [5, 5.41) is 16.4. The van der Waals surface area contributed by atoms with Crippen LogP contribution in [0.5, 0.6) is 5.75 Å². The van der Waals surface area contributed by atoms with Crippen LogP contribution in [0.1, 0.15) is 22.8 Å². The fraction of sp³-hybridized carbons (Fsp3) is 0.0625. The van der Waals surface area contributed by atoms with Crippen molar-refractivity contribution in [3.05, 3.63) is 55.6 Å². The van der Waals surface area contributed by atoms with Gasteiger partial charge < -0.3 is 10.4 Å². The molecule has 0 bridgehead atoms. The molecule has 0 radical (unpaired) electrons. The Kier molecular flexibility index (Phi) is 6.32. The Labute approximate surface area is 160 Å². The van der Waals surface area contributed by atoms with Crippen LogP contribution in [0.2, 0.25) is 0 Å². The molecule has 0 spiro atoms. The van der Waals surface area contributed by atoms with Gasteiger partial charge in [-0.2, -0.15) is 5.10 Å². The van der Waals surface area contributed by atoms with Gasteiger partial charge in [0, 0.05) is 28.2 Å². The van der Waals surface area contributed by atoms with Gasteiger partial charge in [0.1, 0.15) is 5.75 Å². The van der Waals surface area contributed by atoms with E-state index in [9.17, 15) is 14.7 Å². The summed E-state index contributed by atoms with van der Waals surface area (Å²) in [5.41, 5.74) is 3.87. The number of amides is 2. The van der Waals surface area contributed by atoms with Gasteiger partial charge in [-0.3, -0.25) is 9.59 Å². The Balaban J connectivity index is 2.04. The lowest BCUT2D eigenvalue weighted by Gasteiger charge is -2.04. The first-order valence-electron chi connectivity index (χ1n) is 6.76. The summed E-state index contributed by atoms with van der Waals surface area (Å²) in [4.78, 5) is 23.0. The monoisotopic (exact) mass is 501 g/mol. The van der Waals surface area contributed by atoms with Crippen LogP contribution in [0.3, 0.4) is 0 Å². The van der Waals surface area contributed by atoms with E-state index in [1.54, 1.807) is 36.4 Å². The number of carbonyl (C=O) groups is 2. The number of hydrazone groups is 1. The van der Waals surface area contributed by atoms with Crippen molar-refractivity contribution in [1.29, 1.82) is 0 Å². The predicted molar refractivity (Wildman–Crippen MR) is 104 cm³/mol. The fourth-order valence-electron chi connectivity index (χ4n) is 1.82. The molecule has 2 aromatic carbocycles. The molecule has 0 heterocycles. The third-order valence-electron chi connectivity index (χ3n) is 2.89. The molecule has 2 aromatic rings. The number of phenols is 1. The summed E-state index contributed by atoms with van der Waals surface area (Å²) < 4.78 is 1.47. The highest BCUT2D eigenvalue weighted by Gasteiger charge is 2.07. The number of rotatable bonds is 4.